The minimum atomic E-state index is -3.82. The molecule has 0 spiro atoms. The van der Waals surface area contributed by atoms with Crippen molar-refractivity contribution >= 4 is 38.3 Å². The number of fused-ring (bicyclic) bond motifs is 1. The zero-order valence-electron chi connectivity index (χ0n) is 14.7. The lowest BCUT2D eigenvalue weighted by atomic mass is 9.95. The van der Waals surface area contributed by atoms with E-state index in [0.29, 0.717) is 42.4 Å². The standard InChI is InChI=1S/C19H21N3O4S/c1-2-18(23)22-10-8-13(9-11-22)19(24)21-15-6-7-16-14(12-15)4-3-5-17(16)27(20,25)26/h2-7,12-13H,1,8-11H2,(H,21,24)(H2,20,25,26). The zero-order valence-corrected chi connectivity index (χ0v) is 15.5. The molecule has 2 amide bonds. The van der Waals surface area contributed by atoms with Crippen LogP contribution in [-0.4, -0.2) is 38.2 Å². The summed E-state index contributed by atoms with van der Waals surface area (Å²) in [6, 6.07) is 9.84. The van der Waals surface area contributed by atoms with Gasteiger partial charge in [0.15, 0.2) is 0 Å². The number of nitrogens with one attached hydrogen (secondary N) is 1. The maximum atomic E-state index is 12.5. The van der Waals surface area contributed by atoms with Gasteiger partial charge in [-0.05, 0) is 42.5 Å². The topological polar surface area (TPSA) is 110 Å². The first-order valence-electron chi connectivity index (χ1n) is 8.57. The lowest BCUT2D eigenvalue weighted by Crippen LogP contribution is -2.40. The van der Waals surface area contributed by atoms with Gasteiger partial charge in [0, 0.05) is 30.1 Å². The number of hydrogen-bond donors (Lipinski definition) is 2. The van der Waals surface area contributed by atoms with E-state index in [1.807, 2.05) is 0 Å². The predicted molar refractivity (Wildman–Crippen MR) is 103 cm³/mol. The molecule has 1 saturated heterocycles. The number of benzene rings is 2. The molecule has 0 saturated carbocycles. The summed E-state index contributed by atoms with van der Waals surface area (Å²) < 4.78 is 23.4. The molecule has 1 aliphatic rings. The number of nitrogens with two attached hydrogens (primary N) is 1. The summed E-state index contributed by atoms with van der Waals surface area (Å²) in [5.41, 5.74) is 0.587. The van der Waals surface area contributed by atoms with Crippen LogP contribution in [0.2, 0.25) is 0 Å². The molecular formula is C19H21N3O4S. The third kappa shape index (κ3) is 4.17. The first-order chi connectivity index (χ1) is 12.8. The van der Waals surface area contributed by atoms with Crippen LogP contribution >= 0.6 is 0 Å². The molecule has 7 nitrogen and oxygen atoms in total. The number of piperidine rings is 1. The fraction of sp³-hybridized carbons (Fsp3) is 0.263. The number of anilines is 1. The Kier molecular flexibility index (Phi) is 5.29. The number of carbonyl (C=O) groups excluding carboxylic acids is 2. The molecule has 2 aromatic carbocycles. The summed E-state index contributed by atoms with van der Waals surface area (Å²) in [5.74, 6) is -0.401. The second-order valence-corrected chi connectivity index (χ2v) is 8.06. The fourth-order valence-electron chi connectivity index (χ4n) is 3.32. The van der Waals surface area contributed by atoms with Gasteiger partial charge in [-0.1, -0.05) is 24.8 Å². The molecule has 0 unspecified atom stereocenters. The first-order valence-corrected chi connectivity index (χ1v) is 10.1. The molecule has 0 aromatic heterocycles. The Balaban J connectivity index is 1.73. The third-order valence-corrected chi connectivity index (χ3v) is 5.74. The summed E-state index contributed by atoms with van der Waals surface area (Å²) in [6.45, 7) is 4.53. The molecular weight excluding hydrogens is 366 g/mol. The van der Waals surface area contributed by atoms with Gasteiger partial charge in [0.25, 0.3) is 0 Å². The van der Waals surface area contributed by atoms with Crippen LogP contribution in [0.15, 0.2) is 53.9 Å². The van der Waals surface area contributed by atoms with Crippen molar-refractivity contribution < 1.29 is 18.0 Å². The van der Waals surface area contributed by atoms with Crippen LogP contribution in [0.5, 0.6) is 0 Å². The number of amides is 2. The van der Waals surface area contributed by atoms with Crippen LogP contribution < -0.4 is 10.5 Å². The largest absolute Gasteiger partial charge is 0.339 e. The number of nitrogens with zero attached hydrogens (tertiary/aromatic N) is 1. The molecule has 0 bridgehead atoms. The van der Waals surface area contributed by atoms with Gasteiger partial charge in [-0.2, -0.15) is 0 Å². The van der Waals surface area contributed by atoms with Crippen LogP contribution in [0, 0.1) is 5.92 Å². The maximum absolute atomic E-state index is 12.5. The van der Waals surface area contributed by atoms with Crippen molar-refractivity contribution in [2.75, 3.05) is 18.4 Å². The Morgan fingerprint density at radius 1 is 1.19 bits per heavy atom. The van der Waals surface area contributed by atoms with Crippen molar-refractivity contribution in [2.45, 2.75) is 17.7 Å². The third-order valence-electron chi connectivity index (χ3n) is 4.77. The lowest BCUT2D eigenvalue weighted by Gasteiger charge is -2.30. The lowest BCUT2D eigenvalue weighted by molar-refractivity contribution is -0.130. The summed E-state index contributed by atoms with van der Waals surface area (Å²) in [4.78, 5) is 25.9. The molecule has 3 N–H and O–H groups in total. The molecule has 3 rings (SSSR count). The second kappa shape index (κ2) is 7.50. The van der Waals surface area contributed by atoms with Gasteiger partial charge in [-0.3, -0.25) is 9.59 Å². The van der Waals surface area contributed by atoms with Gasteiger partial charge in [0.1, 0.15) is 0 Å². The number of likely N-dealkylation sites (tertiary alicyclic amines) is 1. The first kappa shape index (κ1) is 19.1. The molecule has 1 aliphatic heterocycles. The van der Waals surface area contributed by atoms with Gasteiger partial charge in [-0.25, -0.2) is 13.6 Å². The number of sulfonamides is 1. The molecule has 1 fully saturated rings. The number of carbonyl (C=O) groups is 2. The minimum Gasteiger partial charge on any atom is -0.339 e. The average Bonchev–Trinajstić information content (AvgIpc) is 2.66. The summed E-state index contributed by atoms with van der Waals surface area (Å²) in [7, 11) is -3.82. The average molecular weight is 387 g/mol. The number of rotatable bonds is 4. The Bertz CT molecular complexity index is 1010. The molecule has 142 valence electrons. The molecule has 1 heterocycles. The van der Waals surface area contributed by atoms with E-state index in [9.17, 15) is 18.0 Å². The zero-order chi connectivity index (χ0) is 19.6. The highest BCUT2D eigenvalue weighted by molar-refractivity contribution is 7.89. The van der Waals surface area contributed by atoms with Gasteiger partial charge in [0.05, 0.1) is 4.90 Å². The molecule has 0 radical (unpaired) electrons. The quantitative estimate of drug-likeness (QED) is 0.780. The van der Waals surface area contributed by atoms with E-state index in [2.05, 4.69) is 11.9 Å². The summed E-state index contributed by atoms with van der Waals surface area (Å²) >= 11 is 0. The van der Waals surface area contributed by atoms with Crippen LogP contribution in [0.1, 0.15) is 12.8 Å². The normalized spacial score (nSPS) is 15.5. The highest BCUT2D eigenvalue weighted by atomic mass is 32.2. The number of hydrogen-bond acceptors (Lipinski definition) is 4. The van der Waals surface area contributed by atoms with E-state index < -0.39 is 10.0 Å². The summed E-state index contributed by atoms with van der Waals surface area (Å²) in [5, 5.41) is 9.31. The van der Waals surface area contributed by atoms with Crippen LogP contribution in [-0.2, 0) is 19.6 Å². The van der Waals surface area contributed by atoms with Crippen LogP contribution in [0.4, 0.5) is 5.69 Å². The highest BCUT2D eigenvalue weighted by Gasteiger charge is 2.26. The van der Waals surface area contributed by atoms with Crippen molar-refractivity contribution in [3.05, 3.63) is 49.1 Å². The van der Waals surface area contributed by atoms with Crippen molar-refractivity contribution in [1.29, 1.82) is 0 Å². The second-order valence-electron chi connectivity index (χ2n) is 6.53. The smallest absolute Gasteiger partial charge is 0.245 e. The summed E-state index contributed by atoms with van der Waals surface area (Å²) in [6.07, 6.45) is 2.47. The van der Waals surface area contributed by atoms with Crippen molar-refractivity contribution in [2.24, 2.45) is 11.1 Å². The van der Waals surface area contributed by atoms with Crippen molar-refractivity contribution in [3.8, 4) is 0 Å². The Morgan fingerprint density at radius 3 is 2.52 bits per heavy atom. The SMILES string of the molecule is C=CC(=O)N1CCC(C(=O)Nc2ccc3c(S(N)(=O)=O)cccc3c2)CC1. The Labute approximate surface area is 157 Å². The Morgan fingerprint density at radius 2 is 1.89 bits per heavy atom. The van der Waals surface area contributed by atoms with Crippen LogP contribution in [0.25, 0.3) is 10.8 Å². The van der Waals surface area contributed by atoms with Crippen molar-refractivity contribution in [3.63, 3.8) is 0 Å². The van der Waals surface area contributed by atoms with Crippen molar-refractivity contribution in [1.82, 2.24) is 4.90 Å². The van der Waals surface area contributed by atoms with Gasteiger partial charge in [-0.15, -0.1) is 0 Å². The maximum Gasteiger partial charge on any atom is 0.245 e. The Hall–Kier alpha value is -2.71. The van der Waals surface area contributed by atoms with Gasteiger partial charge in [0.2, 0.25) is 21.8 Å². The molecule has 2 aromatic rings. The van der Waals surface area contributed by atoms with Gasteiger partial charge < -0.3 is 10.2 Å². The fourth-order valence-corrected chi connectivity index (χ4v) is 4.08. The monoisotopic (exact) mass is 387 g/mol. The van der Waals surface area contributed by atoms with E-state index in [4.69, 9.17) is 5.14 Å². The number of primary sulfonamides is 1. The molecule has 27 heavy (non-hydrogen) atoms. The van der Waals surface area contributed by atoms with E-state index in [1.165, 1.54) is 12.1 Å². The van der Waals surface area contributed by atoms with Crippen LogP contribution in [0.3, 0.4) is 0 Å². The predicted octanol–water partition coefficient (Wildman–Crippen LogP) is 1.85. The van der Waals surface area contributed by atoms with E-state index in [-0.39, 0.29) is 22.6 Å². The minimum absolute atomic E-state index is 0.0529. The molecule has 0 aliphatic carbocycles. The molecule has 8 heteroatoms. The van der Waals surface area contributed by atoms with E-state index >= 15 is 0 Å². The van der Waals surface area contributed by atoms with Gasteiger partial charge >= 0.3 is 0 Å². The van der Waals surface area contributed by atoms with E-state index in [1.54, 1.807) is 35.2 Å². The highest BCUT2D eigenvalue weighted by Crippen LogP contribution is 2.26. The molecule has 0 atom stereocenters. The van der Waals surface area contributed by atoms with E-state index in [0.717, 1.165) is 0 Å².